The molecular weight excluding hydrogens is 367 g/mol. The first kappa shape index (κ1) is 19.2. The van der Waals surface area contributed by atoms with Gasteiger partial charge in [-0.15, -0.1) is 5.10 Å². The van der Waals surface area contributed by atoms with Gasteiger partial charge in [0.05, 0.1) is 16.0 Å². The molecule has 1 unspecified atom stereocenters. The maximum absolute atomic E-state index is 12.5. The van der Waals surface area contributed by atoms with E-state index in [1.54, 1.807) is 18.2 Å². The standard InChI is InChI=1S/C16H18Cl2N4O3/c1-4-12-19-14(15(23)21(3)8-9(2)16(24)25)20-22(12)13-10(17)6-5-7-11(13)18/h5-7,9H,4,8H2,1-3H3,(H,24,25). The van der Waals surface area contributed by atoms with E-state index in [2.05, 4.69) is 10.1 Å². The smallest absolute Gasteiger partial charge is 0.308 e. The van der Waals surface area contributed by atoms with Crippen LogP contribution in [0, 0.1) is 5.92 Å². The summed E-state index contributed by atoms with van der Waals surface area (Å²) in [6.07, 6.45) is 0.511. The van der Waals surface area contributed by atoms with Gasteiger partial charge in [-0.3, -0.25) is 9.59 Å². The number of carboxylic acid groups (broad SMARTS) is 1. The zero-order valence-corrected chi connectivity index (χ0v) is 15.5. The molecule has 2 rings (SSSR count). The summed E-state index contributed by atoms with van der Waals surface area (Å²) in [7, 11) is 1.51. The van der Waals surface area contributed by atoms with Gasteiger partial charge in [-0.05, 0) is 12.1 Å². The number of hydrogen-bond donors (Lipinski definition) is 1. The third-order valence-corrected chi connectivity index (χ3v) is 4.26. The van der Waals surface area contributed by atoms with Crippen LogP contribution in [0.15, 0.2) is 18.2 Å². The zero-order valence-electron chi connectivity index (χ0n) is 14.0. The predicted molar refractivity (Wildman–Crippen MR) is 94.5 cm³/mol. The minimum Gasteiger partial charge on any atom is -0.481 e. The largest absolute Gasteiger partial charge is 0.481 e. The Labute approximate surface area is 155 Å². The lowest BCUT2D eigenvalue weighted by Crippen LogP contribution is -2.34. The molecule has 1 aromatic carbocycles. The van der Waals surface area contributed by atoms with Crippen molar-refractivity contribution in [1.82, 2.24) is 19.7 Å². The molecule has 1 N–H and O–H groups in total. The Morgan fingerprint density at radius 1 is 1.32 bits per heavy atom. The number of aliphatic carboxylic acids is 1. The van der Waals surface area contributed by atoms with Crippen LogP contribution in [0.25, 0.3) is 5.69 Å². The normalized spacial score (nSPS) is 12.0. The van der Waals surface area contributed by atoms with Crippen molar-refractivity contribution in [2.75, 3.05) is 13.6 Å². The molecule has 0 aliphatic heterocycles. The predicted octanol–water partition coefficient (Wildman–Crippen LogP) is 2.93. The highest BCUT2D eigenvalue weighted by molar-refractivity contribution is 6.37. The number of nitrogens with zero attached hydrogens (tertiary/aromatic N) is 4. The molecule has 0 radical (unpaired) electrons. The summed E-state index contributed by atoms with van der Waals surface area (Å²) in [5.74, 6) is -1.65. The first-order valence-corrected chi connectivity index (χ1v) is 8.40. The summed E-state index contributed by atoms with van der Waals surface area (Å²) in [5.41, 5.74) is 0.454. The van der Waals surface area contributed by atoms with Crippen LogP contribution in [0.4, 0.5) is 0 Å². The van der Waals surface area contributed by atoms with E-state index in [1.165, 1.54) is 23.6 Å². The summed E-state index contributed by atoms with van der Waals surface area (Å²) in [6.45, 7) is 3.45. The highest BCUT2D eigenvalue weighted by Crippen LogP contribution is 2.28. The Balaban J connectivity index is 2.37. The highest BCUT2D eigenvalue weighted by atomic mass is 35.5. The second kappa shape index (κ2) is 7.84. The molecule has 1 atom stereocenters. The van der Waals surface area contributed by atoms with Crippen molar-refractivity contribution in [2.45, 2.75) is 20.3 Å². The lowest BCUT2D eigenvalue weighted by atomic mass is 10.2. The van der Waals surface area contributed by atoms with Crippen molar-refractivity contribution < 1.29 is 14.7 Å². The first-order chi connectivity index (χ1) is 11.8. The van der Waals surface area contributed by atoms with E-state index in [4.69, 9.17) is 28.3 Å². The Hall–Kier alpha value is -2.12. The number of rotatable bonds is 6. The van der Waals surface area contributed by atoms with E-state index < -0.39 is 17.8 Å². The van der Waals surface area contributed by atoms with Crippen LogP contribution in [0.5, 0.6) is 0 Å². The number of hydrogen-bond acceptors (Lipinski definition) is 4. The summed E-state index contributed by atoms with van der Waals surface area (Å²) >= 11 is 12.4. The molecule has 2 aromatic rings. The Bertz CT molecular complexity index is 786. The first-order valence-electron chi connectivity index (χ1n) is 7.64. The summed E-state index contributed by atoms with van der Waals surface area (Å²) in [6, 6.07) is 5.06. The fourth-order valence-electron chi connectivity index (χ4n) is 2.28. The molecule has 1 aromatic heterocycles. The number of aromatic nitrogens is 3. The molecular formula is C16H18Cl2N4O3. The number of carboxylic acids is 1. The third kappa shape index (κ3) is 4.11. The van der Waals surface area contributed by atoms with Gasteiger partial charge in [0.2, 0.25) is 5.82 Å². The summed E-state index contributed by atoms with van der Waals surface area (Å²) < 4.78 is 1.45. The Kier molecular flexibility index (Phi) is 6.02. The van der Waals surface area contributed by atoms with Gasteiger partial charge in [-0.25, -0.2) is 9.67 Å². The molecule has 0 aliphatic carbocycles. The van der Waals surface area contributed by atoms with Gasteiger partial charge in [0.25, 0.3) is 5.91 Å². The van der Waals surface area contributed by atoms with E-state index >= 15 is 0 Å². The van der Waals surface area contributed by atoms with Gasteiger partial charge in [0.1, 0.15) is 11.5 Å². The molecule has 1 heterocycles. The maximum Gasteiger partial charge on any atom is 0.308 e. The molecule has 25 heavy (non-hydrogen) atoms. The van der Waals surface area contributed by atoms with Gasteiger partial charge in [-0.1, -0.05) is 43.1 Å². The Morgan fingerprint density at radius 3 is 2.44 bits per heavy atom. The van der Waals surface area contributed by atoms with Crippen molar-refractivity contribution in [2.24, 2.45) is 5.92 Å². The molecule has 9 heteroatoms. The minimum atomic E-state index is -0.977. The average Bonchev–Trinajstić information content (AvgIpc) is 2.97. The van der Waals surface area contributed by atoms with Gasteiger partial charge in [0, 0.05) is 20.0 Å². The van der Waals surface area contributed by atoms with Gasteiger partial charge >= 0.3 is 5.97 Å². The number of amides is 1. The number of carbonyl (C=O) groups excluding carboxylic acids is 1. The minimum absolute atomic E-state index is 0.0343. The number of aryl methyl sites for hydroxylation is 1. The van der Waals surface area contributed by atoms with E-state index in [0.717, 1.165) is 0 Å². The fraction of sp³-hybridized carbons (Fsp3) is 0.375. The van der Waals surface area contributed by atoms with E-state index in [0.29, 0.717) is 28.0 Å². The summed E-state index contributed by atoms with van der Waals surface area (Å²) in [4.78, 5) is 29.0. The van der Waals surface area contributed by atoms with Crippen LogP contribution in [0.3, 0.4) is 0 Å². The Morgan fingerprint density at radius 2 is 1.92 bits per heavy atom. The van der Waals surface area contributed by atoms with Crippen LogP contribution in [-0.2, 0) is 11.2 Å². The molecule has 0 fully saturated rings. The van der Waals surface area contributed by atoms with Crippen molar-refractivity contribution in [3.05, 3.63) is 39.9 Å². The van der Waals surface area contributed by atoms with Crippen LogP contribution in [-0.4, -0.2) is 50.2 Å². The van der Waals surface area contributed by atoms with Gasteiger partial charge in [0.15, 0.2) is 0 Å². The van der Waals surface area contributed by atoms with Crippen molar-refractivity contribution >= 4 is 35.1 Å². The number of carbonyl (C=O) groups is 2. The van der Waals surface area contributed by atoms with Crippen molar-refractivity contribution in [3.63, 3.8) is 0 Å². The summed E-state index contributed by atoms with van der Waals surface area (Å²) in [5, 5.41) is 14.0. The molecule has 1 amide bonds. The second-order valence-electron chi connectivity index (χ2n) is 5.61. The van der Waals surface area contributed by atoms with Crippen LogP contribution < -0.4 is 0 Å². The number of halogens is 2. The van der Waals surface area contributed by atoms with Crippen molar-refractivity contribution in [1.29, 1.82) is 0 Å². The SMILES string of the molecule is CCc1nc(C(=O)N(C)CC(C)C(=O)O)nn1-c1c(Cl)cccc1Cl. The van der Waals surface area contributed by atoms with E-state index in [1.807, 2.05) is 6.92 Å². The molecule has 7 nitrogen and oxygen atoms in total. The molecule has 0 bridgehead atoms. The molecule has 0 aliphatic rings. The zero-order chi connectivity index (χ0) is 18.7. The van der Waals surface area contributed by atoms with Crippen LogP contribution in [0.1, 0.15) is 30.3 Å². The lowest BCUT2D eigenvalue weighted by molar-refractivity contribution is -0.141. The number of benzene rings is 1. The quantitative estimate of drug-likeness (QED) is 0.826. The topological polar surface area (TPSA) is 88.3 Å². The highest BCUT2D eigenvalue weighted by Gasteiger charge is 2.24. The lowest BCUT2D eigenvalue weighted by Gasteiger charge is -2.17. The van der Waals surface area contributed by atoms with Gasteiger partial charge < -0.3 is 10.0 Å². The average molecular weight is 385 g/mol. The number of para-hydroxylation sites is 1. The maximum atomic E-state index is 12.5. The van der Waals surface area contributed by atoms with Crippen LogP contribution >= 0.6 is 23.2 Å². The van der Waals surface area contributed by atoms with Crippen LogP contribution in [0.2, 0.25) is 10.0 Å². The van der Waals surface area contributed by atoms with E-state index in [9.17, 15) is 9.59 Å². The molecule has 134 valence electrons. The second-order valence-corrected chi connectivity index (χ2v) is 6.43. The third-order valence-electron chi connectivity index (χ3n) is 3.65. The van der Waals surface area contributed by atoms with Crippen molar-refractivity contribution in [3.8, 4) is 5.69 Å². The van der Waals surface area contributed by atoms with E-state index in [-0.39, 0.29) is 12.4 Å². The molecule has 0 spiro atoms. The molecule has 0 saturated heterocycles. The molecule has 0 saturated carbocycles. The fourth-order valence-corrected chi connectivity index (χ4v) is 2.83. The van der Waals surface area contributed by atoms with Gasteiger partial charge in [-0.2, -0.15) is 0 Å². The monoisotopic (exact) mass is 384 g/mol.